The zero-order valence-corrected chi connectivity index (χ0v) is 17.7. The molecule has 8 nitrogen and oxygen atoms in total. The molecule has 1 unspecified atom stereocenters. The molecule has 0 spiro atoms. The van der Waals surface area contributed by atoms with E-state index in [4.69, 9.17) is 15.2 Å². The van der Waals surface area contributed by atoms with Gasteiger partial charge in [-0.15, -0.1) is 13.2 Å². The van der Waals surface area contributed by atoms with Crippen molar-refractivity contribution >= 4 is 17.8 Å². The second-order valence-electron chi connectivity index (χ2n) is 7.32. The molecule has 0 aliphatic carbocycles. The molecule has 1 atom stereocenters. The highest BCUT2D eigenvalue weighted by Gasteiger charge is 2.33. The summed E-state index contributed by atoms with van der Waals surface area (Å²) < 4.78 is 53.6. The molecule has 0 saturated carbocycles. The van der Waals surface area contributed by atoms with Crippen LogP contribution < -0.4 is 20.5 Å². The van der Waals surface area contributed by atoms with Crippen LogP contribution in [0.2, 0.25) is 0 Å². The monoisotopic (exact) mass is 455 g/mol. The minimum absolute atomic E-state index is 0.126. The molecule has 2 aromatic rings. The van der Waals surface area contributed by atoms with Crippen LogP contribution in [0.25, 0.3) is 11.1 Å². The van der Waals surface area contributed by atoms with Gasteiger partial charge < -0.3 is 25.3 Å². The number of nitrogens with two attached hydrogens (primary N) is 1. The summed E-state index contributed by atoms with van der Waals surface area (Å²) in [6.45, 7) is 4.86. The van der Waals surface area contributed by atoms with Crippen molar-refractivity contribution in [2.24, 2.45) is 11.7 Å². The molecule has 1 aromatic heterocycles. The van der Waals surface area contributed by atoms with E-state index in [-0.39, 0.29) is 30.0 Å². The van der Waals surface area contributed by atoms with E-state index >= 15 is 0 Å². The van der Waals surface area contributed by atoms with Gasteiger partial charge in [0, 0.05) is 13.1 Å². The lowest BCUT2D eigenvalue weighted by molar-refractivity contribution is -0.275. The van der Waals surface area contributed by atoms with Gasteiger partial charge in [-0.05, 0) is 47.7 Å². The summed E-state index contributed by atoms with van der Waals surface area (Å²) in [6, 6.07) is 7.07. The van der Waals surface area contributed by atoms with E-state index in [0.717, 1.165) is 6.07 Å². The molecule has 0 bridgehead atoms. The number of anilines is 1. The number of hydrogen-bond acceptors (Lipinski definition) is 6. The standard InChI is InChI=1S/C21H24F3N3O5/c1-12(2)8-16(31-20(25)29)11-30-17-5-4-14(9-18(17)32-21(22,23)24)15-6-7-26-19(10-15)27-13(3)28/h4-7,9-10,12,16H,8,11H2,1-3H3,(H2,25,29)(H,26,27,28). The molecule has 3 N–H and O–H groups in total. The number of rotatable bonds is 9. The van der Waals surface area contributed by atoms with Crippen molar-refractivity contribution in [3.05, 3.63) is 36.5 Å². The van der Waals surface area contributed by atoms with E-state index in [0.29, 0.717) is 17.5 Å². The second kappa shape index (κ2) is 10.7. The minimum Gasteiger partial charge on any atom is -0.486 e. The molecule has 11 heteroatoms. The predicted molar refractivity (Wildman–Crippen MR) is 110 cm³/mol. The third-order valence-electron chi connectivity index (χ3n) is 4.01. The number of alkyl halides is 3. The van der Waals surface area contributed by atoms with Crippen molar-refractivity contribution in [2.75, 3.05) is 11.9 Å². The largest absolute Gasteiger partial charge is 0.573 e. The van der Waals surface area contributed by atoms with E-state index in [2.05, 4.69) is 15.0 Å². The third kappa shape index (κ3) is 8.32. The van der Waals surface area contributed by atoms with Gasteiger partial charge in [-0.25, -0.2) is 9.78 Å². The number of hydrogen-bond donors (Lipinski definition) is 2. The number of primary amides is 1. The molecule has 0 radical (unpaired) electrons. The Bertz CT molecular complexity index is 951. The molecule has 1 aromatic carbocycles. The molecule has 0 fully saturated rings. The highest BCUT2D eigenvalue weighted by Crippen LogP contribution is 2.36. The van der Waals surface area contributed by atoms with Gasteiger partial charge in [-0.3, -0.25) is 4.79 Å². The average molecular weight is 455 g/mol. The molecule has 0 aliphatic rings. The first-order valence-corrected chi connectivity index (χ1v) is 9.65. The fraction of sp³-hybridized carbons (Fsp3) is 0.381. The van der Waals surface area contributed by atoms with Gasteiger partial charge in [0.05, 0.1) is 0 Å². The maximum absolute atomic E-state index is 13.0. The SMILES string of the molecule is CC(=O)Nc1cc(-c2ccc(OCC(CC(C)C)OC(N)=O)c(OC(F)(F)F)c2)ccn1. The number of ether oxygens (including phenoxy) is 3. The summed E-state index contributed by atoms with van der Waals surface area (Å²) >= 11 is 0. The van der Waals surface area contributed by atoms with Crippen molar-refractivity contribution in [2.45, 2.75) is 39.7 Å². The molecule has 32 heavy (non-hydrogen) atoms. The van der Waals surface area contributed by atoms with E-state index in [9.17, 15) is 22.8 Å². The van der Waals surface area contributed by atoms with Gasteiger partial charge in [0.25, 0.3) is 0 Å². The van der Waals surface area contributed by atoms with E-state index in [1.807, 2.05) is 13.8 Å². The first-order chi connectivity index (χ1) is 14.9. The van der Waals surface area contributed by atoms with Gasteiger partial charge in [0.15, 0.2) is 11.5 Å². The van der Waals surface area contributed by atoms with E-state index in [1.165, 1.54) is 31.3 Å². The minimum atomic E-state index is -4.96. The zero-order chi connectivity index (χ0) is 23.9. The normalized spacial score (nSPS) is 12.2. The van der Waals surface area contributed by atoms with Gasteiger partial charge in [0.1, 0.15) is 18.5 Å². The lowest BCUT2D eigenvalue weighted by atomic mass is 10.1. The highest BCUT2D eigenvalue weighted by molar-refractivity contribution is 5.88. The quantitative estimate of drug-likeness (QED) is 0.576. The summed E-state index contributed by atoms with van der Waals surface area (Å²) in [4.78, 5) is 26.3. The fourth-order valence-electron chi connectivity index (χ4n) is 2.89. The number of nitrogens with one attached hydrogen (secondary N) is 1. The summed E-state index contributed by atoms with van der Waals surface area (Å²) in [5.74, 6) is -0.734. The van der Waals surface area contributed by atoms with Crippen LogP contribution in [0.3, 0.4) is 0 Å². The number of pyridine rings is 1. The molecule has 0 aliphatic heterocycles. The Kier molecular flexibility index (Phi) is 8.27. The van der Waals surface area contributed by atoms with Gasteiger partial charge in [-0.2, -0.15) is 0 Å². The van der Waals surface area contributed by atoms with Crippen LogP contribution >= 0.6 is 0 Å². The van der Waals surface area contributed by atoms with Crippen molar-refractivity contribution in [1.29, 1.82) is 0 Å². The second-order valence-corrected chi connectivity index (χ2v) is 7.32. The van der Waals surface area contributed by atoms with Crippen LogP contribution in [0.1, 0.15) is 27.2 Å². The third-order valence-corrected chi connectivity index (χ3v) is 4.01. The predicted octanol–water partition coefficient (Wildman–Crippen LogP) is 4.49. The van der Waals surface area contributed by atoms with Crippen molar-refractivity contribution in [1.82, 2.24) is 4.98 Å². The summed E-state index contributed by atoms with van der Waals surface area (Å²) in [7, 11) is 0. The smallest absolute Gasteiger partial charge is 0.486 e. The Labute approximate surface area is 182 Å². The average Bonchev–Trinajstić information content (AvgIpc) is 2.64. The highest BCUT2D eigenvalue weighted by atomic mass is 19.4. The first kappa shape index (κ1) is 24.8. The Hall–Kier alpha value is -3.50. The summed E-state index contributed by atoms with van der Waals surface area (Å²) in [5, 5.41) is 2.51. The Morgan fingerprint density at radius 3 is 2.41 bits per heavy atom. The summed E-state index contributed by atoms with van der Waals surface area (Å²) in [6.07, 6.45) is -4.90. The van der Waals surface area contributed by atoms with Gasteiger partial charge >= 0.3 is 12.5 Å². The maximum atomic E-state index is 13.0. The Morgan fingerprint density at radius 1 is 1.12 bits per heavy atom. The number of carbonyl (C=O) groups excluding carboxylic acids is 2. The molecule has 2 amide bonds. The van der Waals surface area contributed by atoms with Gasteiger partial charge in [-0.1, -0.05) is 19.9 Å². The maximum Gasteiger partial charge on any atom is 0.573 e. The number of aromatic nitrogens is 1. The fourth-order valence-corrected chi connectivity index (χ4v) is 2.89. The van der Waals surface area contributed by atoms with Crippen molar-refractivity contribution < 1.29 is 37.0 Å². The van der Waals surface area contributed by atoms with Crippen molar-refractivity contribution in [3.63, 3.8) is 0 Å². The van der Waals surface area contributed by atoms with Crippen LogP contribution in [0.4, 0.5) is 23.8 Å². The van der Waals surface area contributed by atoms with E-state index in [1.54, 1.807) is 6.07 Å². The van der Waals surface area contributed by atoms with Crippen LogP contribution in [0.15, 0.2) is 36.5 Å². The first-order valence-electron chi connectivity index (χ1n) is 9.65. The molecular weight excluding hydrogens is 431 g/mol. The Morgan fingerprint density at radius 2 is 1.81 bits per heavy atom. The van der Waals surface area contributed by atoms with Crippen LogP contribution in [0.5, 0.6) is 11.5 Å². The lowest BCUT2D eigenvalue weighted by Crippen LogP contribution is -2.29. The number of amides is 2. The molecule has 2 rings (SSSR count). The number of halogens is 3. The zero-order valence-electron chi connectivity index (χ0n) is 17.7. The lowest BCUT2D eigenvalue weighted by Gasteiger charge is -2.21. The van der Waals surface area contributed by atoms with Crippen molar-refractivity contribution in [3.8, 4) is 22.6 Å². The van der Waals surface area contributed by atoms with Crippen LogP contribution in [0, 0.1) is 5.92 Å². The summed E-state index contributed by atoms with van der Waals surface area (Å²) in [5.41, 5.74) is 5.93. The van der Waals surface area contributed by atoms with E-state index < -0.39 is 24.3 Å². The molecule has 174 valence electrons. The van der Waals surface area contributed by atoms with Gasteiger partial charge in [0.2, 0.25) is 5.91 Å². The van der Waals surface area contributed by atoms with Crippen LogP contribution in [-0.2, 0) is 9.53 Å². The van der Waals surface area contributed by atoms with Crippen LogP contribution in [-0.4, -0.2) is 36.1 Å². The number of nitrogens with zero attached hydrogens (tertiary/aromatic N) is 1. The Balaban J connectivity index is 2.32. The molecule has 0 saturated heterocycles. The topological polar surface area (TPSA) is 113 Å². The molecule has 1 heterocycles. The number of carbonyl (C=O) groups is 2. The number of benzene rings is 1. The molecular formula is C21H24F3N3O5.